The molecule has 0 aliphatic carbocycles. The molecule has 7 heteroatoms. The number of primary amides is 1. The molecule has 0 spiro atoms. The second kappa shape index (κ2) is 8.04. The SMILES string of the molecule is CC(C)Cn1ncc(NCCCCC(N)=O)c(Br)c1=O. The van der Waals surface area contributed by atoms with Crippen LogP contribution in [0.3, 0.4) is 0 Å². The first-order valence-corrected chi connectivity index (χ1v) is 7.49. The first kappa shape index (κ1) is 16.7. The molecule has 1 rings (SSSR count). The standard InChI is InChI=1S/C13H21BrN4O2/c1-9(2)8-18-13(20)12(14)10(7-17-18)16-6-4-3-5-11(15)19/h7,9,16H,3-6,8H2,1-2H3,(H2,15,19). The van der Waals surface area contributed by atoms with E-state index in [1.807, 2.05) is 13.8 Å². The van der Waals surface area contributed by atoms with Gasteiger partial charge in [0.15, 0.2) is 0 Å². The topological polar surface area (TPSA) is 90.0 Å². The average molecular weight is 345 g/mol. The number of hydrogen-bond donors (Lipinski definition) is 2. The van der Waals surface area contributed by atoms with E-state index in [4.69, 9.17) is 5.73 Å². The van der Waals surface area contributed by atoms with E-state index in [0.717, 1.165) is 12.8 Å². The Kier molecular flexibility index (Phi) is 6.70. The third-order valence-electron chi connectivity index (χ3n) is 2.69. The van der Waals surface area contributed by atoms with Crippen LogP contribution >= 0.6 is 15.9 Å². The molecule has 1 amide bonds. The van der Waals surface area contributed by atoms with Crippen LogP contribution in [0.2, 0.25) is 0 Å². The van der Waals surface area contributed by atoms with E-state index in [0.29, 0.717) is 35.6 Å². The first-order chi connectivity index (χ1) is 9.41. The smallest absolute Gasteiger partial charge is 0.283 e. The number of carbonyl (C=O) groups excluding carboxylic acids is 1. The molecule has 0 saturated heterocycles. The zero-order valence-corrected chi connectivity index (χ0v) is 13.4. The van der Waals surface area contributed by atoms with Crippen LogP contribution in [-0.2, 0) is 11.3 Å². The largest absolute Gasteiger partial charge is 0.383 e. The number of hydrogen-bond acceptors (Lipinski definition) is 4. The summed E-state index contributed by atoms with van der Waals surface area (Å²) >= 11 is 3.30. The second-order valence-electron chi connectivity index (χ2n) is 5.10. The highest BCUT2D eigenvalue weighted by Crippen LogP contribution is 2.16. The summed E-state index contributed by atoms with van der Waals surface area (Å²) in [5, 5.41) is 7.28. The highest BCUT2D eigenvalue weighted by Gasteiger charge is 2.09. The van der Waals surface area contributed by atoms with Gasteiger partial charge in [-0.2, -0.15) is 5.10 Å². The van der Waals surface area contributed by atoms with E-state index >= 15 is 0 Å². The minimum absolute atomic E-state index is 0.138. The molecule has 0 saturated carbocycles. The summed E-state index contributed by atoms with van der Waals surface area (Å²) in [7, 11) is 0. The maximum absolute atomic E-state index is 12.1. The Morgan fingerprint density at radius 1 is 1.50 bits per heavy atom. The molecule has 0 aliphatic rings. The number of nitrogens with zero attached hydrogens (tertiary/aromatic N) is 2. The van der Waals surface area contributed by atoms with Gasteiger partial charge >= 0.3 is 0 Å². The molecule has 1 heterocycles. The lowest BCUT2D eigenvalue weighted by Gasteiger charge is -2.11. The van der Waals surface area contributed by atoms with E-state index in [2.05, 4.69) is 26.3 Å². The van der Waals surface area contributed by atoms with Gasteiger partial charge < -0.3 is 11.1 Å². The summed E-state index contributed by atoms with van der Waals surface area (Å²) in [5.41, 5.74) is 5.60. The fraction of sp³-hybridized carbons (Fsp3) is 0.615. The van der Waals surface area contributed by atoms with Crippen molar-refractivity contribution in [2.45, 2.75) is 39.7 Å². The van der Waals surface area contributed by atoms with Gasteiger partial charge in [-0.3, -0.25) is 9.59 Å². The van der Waals surface area contributed by atoms with E-state index < -0.39 is 0 Å². The minimum Gasteiger partial charge on any atom is -0.383 e. The number of amides is 1. The summed E-state index contributed by atoms with van der Waals surface area (Å²) < 4.78 is 1.94. The number of nitrogens with one attached hydrogen (secondary N) is 1. The number of unbranched alkanes of at least 4 members (excludes halogenated alkanes) is 1. The number of aromatic nitrogens is 2. The van der Waals surface area contributed by atoms with Gasteiger partial charge in [0.25, 0.3) is 5.56 Å². The van der Waals surface area contributed by atoms with Crippen LogP contribution in [0, 0.1) is 5.92 Å². The van der Waals surface area contributed by atoms with Gasteiger partial charge in [0.05, 0.1) is 11.9 Å². The number of rotatable bonds is 8. The van der Waals surface area contributed by atoms with Gasteiger partial charge in [-0.1, -0.05) is 13.8 Å². The van der Waals surface area contributed by atoms with Gasteiger partial charge in [0, 0.05) is 19.5 Å². The predicted octanol–water partition coefficient (Wildman–Crippen LogP) is 1.73. The summed E-state index contributed by atoms with van der Waals surface area (Å²) in [5.74, 6) is 0.0730. The lowest BCUT2D eigenvalue weighted by molar-refractivity contribution is -0.118. The van der Waals surface area contributed by atoms with Crippen molar-refractivity contribution in [3.8, 4) is 0 Å². The van der Waals surface area contributed by atoms with Gasteiger partial charge in [-0.05, 0) is 34.7 Å². The third-order valence-corrected chi connectivity index (χ3v) is 3.45. The van der Waals surface area contributed by atoms with Crippen LogP contribution in [0.1, 0.15) is 33.1 Å². The summed E-state index contributed by atoms with van der Waals surface area (Å²) in [6.45, 7) is 5.33. The molecule has 0 aliphatic heterocycles. The van der Waals surface area contributed by atoms with E-state index in [-0.39, 0.29) is 11.5 Å². The van der Waals surface area contributed by atoms with Crippen molar-refractivity contribution < 1.29 is 4.79 Å². The number of anilines is 1. The fourth-order valence-electron chi connectivity index (χ4n) is 1.71. The van der Waals surface area contributed by atoms with Crippen LogP contribution in [-0.4, -0.2) is 22.2 Å². The molecule has 20 heavy (non-hydrogen) atoms. The van der Waals surface area contributed by atoms with Crippen molar-refractivity contribution >= 4 is 27.5 Å². The van der Waals surface area contributed by atoms with Gasteiger partial charge in [-0.15, -0.1) is 0 Å². The number of nitrogens with two attached hydrogens (primary N) is 1. The zero-order valence-electron chi connectivity index (χ0n) is 11.9. The van der Waals surface area contributed by atoms with Crippen molar-refractivity contribution in [2.24, 2.45) is 11.7 Å². The monoisotopic (exact) mass is 344 g/mol. The highest BCUT2D eigenvalue weighted by atomic mass is 79.9. The van der Waals surface area contributed by atoms with Gasteiger partial charge in [-0.25, -0.2) is 4.68 Å². The van der Waals surface area contributed by atoms with Crippen LogP contribution in [0.5, 0.6) is 0 Å². The van der Waals surface area contributed by atoms with Crippen LogP contribution < -0.4 is 16.6 Å². The molecule has 0 fully saturated rings. The molecule has 1 aromatic rings. The molecule has 3 N–H and O–H groups in total. The predicted molar refractivity (Wildman–Crippen MR) is 82.6 cm³/mol. The maximum atomic E-state index is 12.1. The quantitative estimate of drug-likeness (QED) is 0.702. The Morgan fingerprint density at radius 2 is 2.20 bits per heavy atom. The van der Waals surface area contributed by atoms with Crippen LogP contribution in [0.15, 0.2) is 15.5 Å². The molecule has 0 aromatic carbocycles. The summed E-state index contributed by atoms with van der Waals surface area (Å²) in [4.78, 5) is 22.7. The molecule has 0 bridgehead atoms. The van der Waals surface area contributed by atoms with Gasteiger partial charge in [0.2, 0.25) is 5.91 Å². The van der Waals surface area contributed by atoms with Crippen LogP contribution in [0.25, 0.3) is 0 Å². The Labute approximate surface area is 126 Å². The summed E-state index contributed by atoms with van der Waals surface area (Å²) in [6, 6.07) is 0. The Balaban J connectivity index is 2.57. The van der Waals surface area contributed by atoms with Crippen molar-refractivity contribution in [1.82, 2.24) is 9.78 Å². The molecular formula is C13H21BrN4O2. The van der Waals surface area contributed by atoms with Gasteiger partial charge in [0.1, 0.15) is 4.47 Å². The molecule has 112 valence electrons. The minimum atomic E-state index is -0.288. The average Bonchev–Trinajstić information content (AvgIpc) is 2.36. The molecule has 6 nitrogen and oxygen atoms in total. The highest BCUT2D eigenvalue weighted by molar-refractivity contribution is 9.10. The Bertz CT molecular complexity index is 514. The van der Waals surface area contributed by atoms with Crippen molar-refractivity contribution in [1.29, 1.82) is 0 Å². The zero-order chi connectivity index (χ0) is 15.1. The normalized spacial score (nSPS) is 10.8. The molecule has 0 radical (unpaired) electrons. The number of halogens is 1. The van der Waals surface area contributed by atoms with Crippen LogP contribution in [0.4, 0.5) is 5.69 Å². The fourth-order valence-corrected chi connectivity index (χ4v) is 2.16. The molecule has 0 unspecified atom stereocenters. The van der Waals surface area contributed by atoms with Crippen molar-refractivity contribution in [3.05, 3.63) is 21.0 Å². The lowest BCUT2D eigenvalue weighted by Crippen LogP contribution is -2.26. The van der Waals surface area contributed by atoms with Crippen molar-refractivity contribution in [3.63, 3.8) is 0 Å². The summed E-state index contributed by atoms with van der Waals surface area (Å²) in [6.07, 6.45) is 3.57. The number of carbonyl (C=O) groups is 1. The second-order valence-corrected chi connectivity index (χ2v) is 5.90. The van der Waals surface area contributed by atoms with E-state index in [1.54, 1.807) is 6.20 Å². The third kappa shape index (κ3) is 5.32. The van der Waals surface area contributed by atoms with E-state index in [9.17, 15) is 9.59 Å². The molecule has 0 atom stereocenters. The molecule has 1 aromatic heterocycles. The Hall–Kier alpha value is -1.37. The van der Waals surface area contributed by atoms with E-state index in [1.165, 1.54) is 4.68 Å². The lowest BCUT2D eigenvalue weighted by atomic mass is 10.2. The molecular weight excluding hydrogens is 324 g/mol. The Morgan fingerprint density at radius 3 is 2.80 bits per heavy atom. The first-order valence-electron chi connectivity index (χ1n) is 6.69. The maximum Gasteiger partial charge on any atom is 0.283 e. The van der Waals surface area contributed by atoms with Crippen molar-refractivity contribution in [2.75, 3.05) is 11.9 Å².